The lowest BCUT2D eigenvalue weighted by Gasteiger charge is -2.08. The van der Waals surface area contributed by atoms with Crippen LogP contribution in [0.5, 0.6) is 0 Å². The maximum absolute atomic E-state index is 5.53. The van der Waals surface area contributed by atoms with E-state index in [0.29, 0.717) is 6.54 Å². The molecule has 1 unspecified atom stereocenters. The Labute approximate surface area is 81.0 Å². The molecule has 0 spiro atoms. The van der Waals surface area contributed by atoms with Gasteiger partial charge < -0.3 is 5.73 Å². The van der Waals surface area contributed by atoms with Crippen LogP contribution in [-0.4, -0.2) is 0 Å². The molecule has 1 aromatic carbocycles. The van der Waals surface area contributed by atoms with Crippen molar-refractivity contribution in [2.45, 2.75) is 33.2 Å². The molecule has 1 rings (SSSR count). The molecule has 72 valence electrons. The lowest BCUT2D eigenvalue weighted by molar-refractivity contribution is 0.560. The van der Waals surface area contributed by atoms with Gasteiger partial charge in [0.2, 0.25) is 0 Å². The molecule has 1 heteroatoms. The van der Waals surface area contributed by atoms with Crippen molar-refractivity contribution < 1.29 is 0 Å². The lowest BCUT2D eigenvalue weighted by atomic mass is 9.98. The summed E-state index contributed by atoms with van der Waals surface area (Å²) in [6, 6.07) is 8.62. The Kier molecular flexibility index (Phi) is 3.97. The third-order valence-corrected chi connectivity index (χ3v) is 2.54. The van der Waals surface area contributed by atoms with Gasteiger partial charge in [-0.15, -0.1) is 0 Å². The Balaban J connectivity index is 2.58. The summed E-state index contributed by atoms with van der Waals surface area (Å²) in [6.45, 7) is 5.17. The molecule has 0 aromatic heterocycles. The van der Waals surface area contributed by atoms with Crippen LogP contribution in [0, 0.1) is 5.92 Å². The van der Waals surface area contributed by atoms with E-state index in [-0.39, 0.29) is 0 Å². The molecule has 1 nitrogen and oxygen atoms in total. The normalized spacial score (nSPS) is 12.8. The van der Waals surface area contributed by atoms with Crippen molar-refractivity contribution >= 4 is 0 Å². The van der Waals surface area contributed by atoms with Gasteiger partial charge in [-0.2, -0.15) is 0 Å². The van der Waals surface area contributed by atoms with Crippen molar-refractivity contribution in [3.8, 4) is 0 Å². The van der Waals surface area contributed by atoms with Crippen LogP contribution >= 0.6 is 0 Å². The van der Waals surface area contributed by atoms with E-state index < -0.39 is 0 Å². The van der Waals surface area contributed by atoms with Crippen LogP contribution in [-0.2, 0) is 13.0 Å². The van der Waals surface area contributed by atoms with Crippen LogP contribution in [0.1, 0.15) is 31.4 Å². The Hall–Kier alpha value is -0.820. The largest absolute Gasteiger partial charge is 0.326 e. The quantitative estimate of drug-likeness (QED) is 0.752. The van der Waals surface area contributed by atoms with E-state index in [1.165, 1.54) is 24.0 Å². The number of nitrogens with two attached hydrogens (primary N) is 1. The van der Waals surface area contributed by atoms with Gasteiger partial charge in [0.15, 0.2) is 0 Å². The summed E-state index contributed by atoms with van der Waals surface area (Å²) < 4.78 is 0. The first kappa shape index (κ1) is 10.3. The molecule has 0 saturated carbocycles. The van der Waals surface area contributed by atoms with Crippen molar-refractivity contribution in [3.05, 3.63) is 35.4 Å². The van der Waals surface area contributed by atoms with Crippen LogP contribution in [0.2, 0.25) is 0 Å². The molecular formula is C12H19N. The molecule has 0 aliphatic rings. The molecule has 0 amide bonds. The molecule has 0 aliphatic heterocycles. The molecule has 1 atom stereocenters. The van der Waals surface area contributed by atoms with Gasteiger partial charge in [-0.3, -0.25) is 0 Å². The number of hydrogen-bond donors (Lipinski definition) is 1. The van der Waals surface area contributed by atoms with Crippen molar-refractivity contribution in [1.82, 2.24) is 0 Å². The van der Waals surface area contributed by atoms with Gasteiger partial charge in [0.25, 0.3) is 0 Å². The van der Waals surface area contributed by atoms with Crippen LogP contribution in [0.25, 0.3) is 0 Å². The van der Waals surface area contributed by atoms with Crippen molar-refractivity contribution in [2.24, 2.45) is 11.7 Å². The first-order chi connectivity index (χ1) is 6.26. The summed E-state index contributed by atoms with van der Waals surface area (Å²) in [5.74, 6) is 0.781. The number of benzene rings is 1. The van der Waals surface area contributed by atoms with Gasteiger partial charge in [0.1, 0.15) is 0 Å². The fourth-order valence-corrected chi connectivity index (χ4v) is 1.36. The Bertz CT molecular complexity index is 238. The molecule has 13 heavy (non-hydrogen) atoms. The Morgan fingerprint density at radius 2 is 1.69 bits per heavy atom. The van der Waals surface area contributed by atoms with E-state index in [2.05, 4.69) is 38.1 Å². The molecule has 0 aliphatic carbocycles. The van der Waals surface area contributed by atoms with Gasteiger partial charge in [0.05, 0.1) is 0 Å². The Morgan fingerprint density at radius 3 is 2.15 bits per heavy atom. The fraction of sp³-hybridized carbons (Fsp3) is 0.500. The van der Waals surface area contributed by atoms with E-state index in [9.17, 15) is 0 Å². The minimum atomic E-state index is 0.642. The zero-order valence-corrected chi connectivity index (χ0v) is 8.59. The highest BCUT2D eigenvalue weighted by Crippen LogP contribution is 2.12. The standard InChI is InChI=1S/C12H19N/c1-3-10(2)8-11-4-6-12(9-13)7-5-11/h4-7,10H,3,8-9,13H2,1-2H3. The predicted molar refractivity (Wildman–Crippen MR) is 57.5 cm³/mol. The van der Waals surface area contributed by atoms with E-state index >= 15 is 0 Å². The van der Waals surface area contributed by atoms with E-state index in [1.807, 2.05) is 0 Å². The number of hydrogen-bond acceptors (Lipinski definition) is 1. The van der Waals surface area contributed by atoms with E-state index in [0.717, 1.165) is 5.92 Å². The smallest absolute Gasteiger partial charge is 0.0178 e. The minimum absolute atomic E-state index is 0.642. The zero-order valence-electron chi connectivity index (χ0n) is 8.59. The summed E-state index contributed by atoms with van der Waals surface area (Å²) in [4.78, 5) is 0. The summed E-state index contributed by atoms with van der Waals surface area (Å²) in [5.41, 5.74) is 8.17. The first-order valence-electron chi connectivity index (χ1n) is 5.04. The van der Waals surface area contributed by atoms with Crippen LogP contribution in [0.4, 0.5) is 0 Å². The highest BCUT2D eigenvalue weighted by atomic mass is 14.5. The van der Waals surface area contributed by atoms with Gasteiger partial charge in [-0.05, 0) is 23.5 Å². The summed E-state index contributed by atoms with van der Waals surface area (Å²) in [7, 11) is 0. The molecule has 1 aromatic rings. The average molecular weight is 177 g/mol. The van der Waals surface area contributed by atoms with E-state index in [4.69, 9.17) is 5.73 Å². The van der Waals surface area contributed by atoms with Crippen LogP contribution in [0.15, 0.2) is 24.3 Å². The fourth-order valence-electron chi connectivity index (χ4n) is 1.36. The molecule has 0 saturated heterocycles. The highest BCUT2D eigenvalue weighted by Gasteiger charge is 2.00. The van der Waals surface area contributed by atoms with Crippen LogP contribution in [0.3, 0.4) is 0 Å². The lowest BCUT2D eigenvalue weighted by Crippen LogP contribution is -1.99. The molecule has 0 bridgehead atoms. The summed E-state index contributed by atoms with van der Waals surface area (Å²) in [6.07, 6.45) is 2.43. The predicted octanol–water partition coefficient (Wildman–Crippen LogP) is 2.73. The average Bonchev–Trinajstić information content (AvgIpc) is 2.19. The first-order valence-corrected chi connectivity index (χ1v) is 5.04. The molecule has 0 heterocycles. The van der Waals surface area contributed by atoms with Gasteiger partial charge in [-0.25, -0.2) is 0 Å². The third-order valence-electron chi connectivity index (χ3n) is 2.54. The topological polar surface area (TPSA) is 26.0 Å². The monoisotopic (exact) mass is 177 g/mol. The third kappa shape index (κ3) is 3.19. The second-order valence-electron chi connectivity index (χ2n) is 3.74. The van der Waals surface area contributed by atoms with E-state index in [1.54, 1.807) is 0 Å². The maximum Gasteiger partial charge on any atom is 0.0178 e. The van der Waals surface area contributed by atoms with Crippen molar-refractivity contribution in [3.63, 3.8) is 0 Å². The van der Waals surface area contributed by atoms with Crippen molar-refractivity contribution in [1.29, 1.82) is 0 Å². The molecule has 0 radical (unpaired) electrons. The second kappa shape index (κ2) is 5.03. The van der Waals surface area contributed by atoms with Crippen LogP contribution < -0.4 is 5.73 Å². The zero-order chi connectivity index (χ0) is 9.68. The summed E-state index contributed by atoms with van der Waals surface area (Å²) >= 11 is 0. The Morgan fingerprint density at radius 1 is 1.15 bits per heavy atom. The summed E-state index contributed by atoms with van der Waals surface area (Å²) in [5, 5.41) is 0. The molecular weight excluding hydrogens is 158 g/mol. The highest BCUT2D eigenvalue weighted by molar-refractivity contribution is 5.22. The SMILES string of the molecule is CCC(C)Cc1ccc(CN)cc1. The molecule has 2 N–H and O–H groups in total. The van der Waals surface area contributed by atoms with Gasteiger partial charge >= 0.3 is 0 Å². The van der Waals surface area contributed by atoms with Gasteiger partial charge in [0, 0.05) is 6.54 Å². The van der Waals surface area contributed by atoms with Crippen molar-refractivity contribution in [2.75, 3.05) is 0 Å². The molecule has 0 fully saturated rings. The maximum atomic E-state index is 5.53. The minimum Gasteiger partial charge on any atom is -0.326 e. The van der Waals surface area contributed by atoms with Gasteiger partial charge in [-0.1, -0.05) is 44.5 Å². The second-order valence-corrected chi connectivity index (χ2v) is 3.74. The number of rotatable bonds is 4.